The van der Waals surface area contributed by atoms with Gasteiger partial charge in [0.25, 0.3) is 0 Å². The number of fused-ring (bicyclic) bond motifs is 1. The predicted molar refractivity (Wildman–Crippen MR) is 84.9 cm³/mol. The monoisotopic (exact) mass is 279 g/mol. The van der Waals surface area contributed by atoms with E-state index >= 15 is 0 Å². The Bertz CT molecular complexity index is 785. The lowest BCUT2D eigenvalue weighted by Gasteiger charge is -2.04. The fraction of sp³-hybridized carbons (Fsp3) is 0.176. The summed E-state index contributed by atoms with van der Waals surface area (Å²) >= 11 is 0. The number of hydrogen-bond donors (Lipinski definition) is 1. The molecule has 0 amide bonds. The molecule has 4 heteroatoms. The van der Waals surface area contributed by atoms with Gasteiger partial charge in [-0.15, -0.1) is 10.2 Å². The molecule has 1 heterocycles. The van der Waals surface area contributed by atoms with E-state index in [0.717, 1.165) is 28.7 Å². The summed E-state index contributed by atoms with van der Waals surface area (Å²) in [6.07, 6.45) is 2.83. The Morgan fingerprint density at radius 2 is 1.81 bits per heavy atom. The minimum absolute atomic E-state index is 0.267. The highest BCUT2D eigenvalue weighted by molar-refractivity contribution is 5.77. The Hall–Kier alpha value is -2.62. The molecule has 106 valence electrons. The molecule has 0 saturated carbocycles. The van der Waals surface area contributed by atoms with Crippen LogP contribution in [-0.4, -0.2) is 20.1 Å². The van der Waals surface area contributed by atoms with Gasteiger partial charge in [0.15, 0.2) is 0 Å². The molecule has 1 N–H and O–H groups in total. The van der Waals surface area contributed by atoms with Gasteiger partial charge in [-0.05, 0) is 49.2 Å². The fourth-order valence-electron chi connectivity index (χ4n) is 2.24. The van der Waals surface area contributed by atoms with Crippen molar-refractivity contribution in [2.75, 3.05) is 0 Å². The van der Waals surface area contributed by atoms with Crippen LogP contribution >= 0.6 is 0 Å². The molecule has 0 aliphatic carbocycles. The summed E-state index contributed by atoms with van der Waals surface area (Å²) in [5, 5.41) is 18.8. The van der Waals surface area contributed by atoms with Crippen molar-refractivity contribution in [2.24, 2.45) is 0 Å². The quantitative estimate of drug-likeness (QED) is 0.795. The van der Waals surface area contributed by atoms with Crippen molar-refractivity contribution in [1.82, 2.24) is 15.0 Å². The number of rotatable bonds is 3. The van der Waals surface area contributed by atoms with Gasteiger partial charge in [0.05, 0.1) is 5.70 Å². The molecule has 0 aliphatic rings. The molecule has 2 aromatic carbocycles. The first-order valence-electron chi connectivity index (χ1n) is 7.00. The predicted octanol–water partition coefficient (Wildman–Crippen LogP) is 3.72. The number of aromatic nitrogens is 3. The van der Waals surface area contributed by atoms with E-state index in [1.807, 2.05) is 49.4 Å². The van der Waals surface area contributed by atoms with Crippen LogP contribution < -0.4 is 0 Å². The molecule has 0 spiro atoms. The van der Waals surface area contributed by atoms with Crippen LogP contribution in [0, 0.1) is 0 Å². The van der Waals surface area contributed by atoms with Crippen LogP contribution in [0.3, 0.4) is 0 Å². The molecule has 0 bridgehead atoms. The molecule has 0 fully saturated rings. The average Bonchev–Trinajstić information content (AvgIpc) is 2.93. The largest absolute Gasteiger partial charge is 0.507 e. The maximum absolute atomic E-state index is 9.97. The van der Waals surface area contributed by atoms with E-state index in [-0.39, 0.29) is 5.75 Å². The van der Waals surface area contributed by atoms with Crippen LogP contribution in [0.4, 0.5) is 0 Å². The molecule has 1 aromatic heterocycles. The van der Waals surface area contributed by atoms with E-state index in [9.17, 15) is 5.11 Å². The minimum Gasteiger partial charge on any atom is -0.507 e. The summed E-state index contributed by atoms with van der Waals surface area (Å²) in [5.41, 5.74) is 4.54. The van der Waals surface area contributed by atoms with Gasteiger partial charge in [0.2, 0.25) is 0 Å². The maximum atomic E-state index is 9.97. The molecule has 0 saturated heterocycles. The first kappa shape index (κ1) is 13.4. The first-order valence-corrected chi connectivity index (χ1v) is 7.00. The highest BCUT2D eigenvalue weighted by atomic mass is 16.3. The molecule has 3 rings (SSSR count). The Morgan fingerprint density at radius 3 is 2.43 bits per heavy atom. The summed E-state index contributed by atoms with van der Waals surface area (Å²) in [4.78, 5) is 1.60. The third kappa shape index (κ3) is 2.65. The summed E-state index contributed by atoms with van der Waals surface area (Å²) in [6.45, 7) is 4.02. The lowest BCUT2D eigenvalue weighted by Crippen LogP contribution is -1.98. The van der Waals surface area contributed by atoms with Crippen molar-refractivity contribution in [2.45, 2.75) is 20.3 Å². The highest BCUT2D eigenvalue weighted by Gasteiger charge is 2.05. The lowest BCUT2D eigenvalue weighted by molar-refractivity contribution is 0.474. The zero-order valence-corrected chi connectivity index (χ0v) is 12.1. The van der Waals surface area contributed by atoms with Gasteiger partial charge in [-0.2, -0.15) is 4.80 Å². The zero-order chi connectivity index (χ0) is 14.8. The second-order valence-corrected chi connectivity index (χ2v) is 5.01. The Labute approximate surface area is 123 Å². The number of aromatic hydroxyl groups is 1. The number of hydrogen-bond acceptors (Lipinski definition) is 3. The number of allylic oxidation sites excluding steroid dienone is 1. The van der Waals surface area contributed by atoms with Crippen LogP contribution in [0.15, 0.2) is 42.5 Å². The lowest BCUT2D eigenvalue weighted by atomic mass is 10.1. The maximum Gasteiger partial charge on any atom is 0.122 e. The molecule has 4 nitrogen and oxygen atoms in total. The number of phenols is 1. The molecule has 0 unspecified atom stereocenters. The SMILES string of the molecule is CCc1ccc(O)c(C=C(C)n2nc3ccccc3n2)c1. The Morgan fingerprint density at radius 1 is 1.14 bits per heavy atom. The second kappa shape index (κ2) is 5.40. The number of phenolic OH excluding ortho intramolecular Hbond substituents is 1. The zero-order valence-electron chi connectivity index (χ0n) is 12.1. The molecule has 0 atom stereocenters. The van der Waals surface area contributed by atoms with E-state index in [0.29, 0.717) is 0 Å². The summed E-state index contributed by atoms with van der Waals surface area (Å²) in [7, 11) is 0. The number of nitrogens with zero attached hydrogens (tertiary/aromatic N) is 3. The van der Waals surface area contributed by atoms with E-state index in [4.69, 9.17) is 0 Å². The summed E-state index contributed by atoms with van der Waals surface area (Å²) in [6, 6.07) is 13.4. The molecular weight excluding hydrogens is 262 g/mol. The van der Waals surface area contributed by atoms with Crippen LogP contribution in [0.5, 0.6) is 5.75 Å². The van der Waals surface area contributed by atoms with E-state index in [2.05, 4.69) is 17.1 Å². The standard InChI is InChI=1S/C17H17N3O/c1-3-13-8-9-17(21)14(11-13)10-12(2)20-18-15-6-4-5-7-16(15)19-20/h4-11,21H,3H2,1-2H3. The van der Waals surface area contributed by atoms with Gasteiger partial charge in [-0.3, -0.25) is 0 Å². The van der Waals surface area contributed by atoms with Gasteiger partial charge >= 0.3 is 0 Å². The first-order chi connectivity index (χ1) is 10.2. The van der Waals surface area contributed by atoms with Crippen LogP contribution in [0.1, 0.15) is 25.0 Å². The van der Waals surface area contributed by atoms with Gasteiger partial charge in [0.1, 0.15) is 16.8 Å². The van der Waals surface area contributed by atoms with Crippen LogP contribution in [0.25, 0.3) is 22.8 Å². The fourth-order valence-corrected chi connectivity index (χ4v) is 2.24. The third-order valence-corrected chi connectivity index (χ3v) is 3.47. The summed E-state index contributed by atoms with van der Waals surface area (Å²) in [5.74, 6) is 0.267. The Balaban J connectivity index is 2.02. The van der Waals surface area contributed by atoms with E-state index in [1.54, 1.807) is 10.9 Å². The van der Waals surface area contributed by atoms with Crippen molar-refractivity contribution in [3.8, 4) is 5.75 Å². The number of aryl methyl sites for hydroxylation is 1. The van der Waals surface area contributed by atoms with E-state index < -0.39 is 0 Å². The highest BCUT2D eigenvalue weighted by Crippen LogP contribution is 2.23. The molecular formula is C17H17N3O. The normalized spacial score (nSPS) is 12.0. The topological polar surface area (TPSA) is 50.9 Å². The molecule has 0 aliphatic heterocycles. The van der Waals surface area contributed by atoms with Crippen molar-refractivity contribution in [3.05, 3.63) is 53.6 Å². The molecule has 3 aromatic rings. The minimum atomic E-state index is 0.267. The second-order valence-electron chi connectivity index (χ2n) is 5.01. The van der Waals surface area contributed by atoms with Crippen LogP contribution in [-0.2, 0) is 6.42 Å². The third-order valence-electron chi connectivity index (χ3n) is 3.47. The van der Waals surface area contributed by atoms with Crippen molar-refractivity contribution in [1.29, 1.82) is 0 Å². The number of benzene rings is 2. The van der Waals surface area contributed by atoms with Gasteiger partial charge in [-0.25, -0.2) is 0 Å². The smallest absolute Gasteiger partial charge is 0.122 e. The van der Waals surface area contributed by atoms with Gasteiger partial charge in [-0.1, -0.05) is 25.1 Å². The summed E-state index contributed by atoms with van der Waals surface area (Å²) < 4.78 is 0. The van der Waals surface area contributed by atoms with Gasteiger partial charge in [0, 0.05) is 5.56 Å². The Kier molecular flexibility index (Phi) is 3.44. The van der Waals surface area contributed by atoms with E-state index in [1.165, 1.54) is 5.56 Å². The van der Waals surface area contributed by atoms with Crippen molar-refractivity contribution in [3.63, 3.8) is 0 Å². The molecule has 0 radical (unpaired) electrons. The van der Waals surface area contributed by atoms with Crippen molar-refractivity contribution >= 4 is 22.8 Å². The van der Waals surface area contributed by atoms with Crippen molar-refractivity contribution < 1.29 is 5.11 Å². The average molecular weight is 279 g/mol. The van der Waals surface area contributed by atoms with Crippen LogP contribution in [0.2, 0.25) is 0 Å². The molecule has 21 heavy (non-hydrogen) atoms. The van der Waals surface area contributed by atoms with Gasteiger partial charge < -0.3 is 5.11 Å².